The summed E-state index contributed by atoms with van der Waals surface area (Å²) in [5.41, 5.74) is 7.10. The summed E-state index contributed by atoms with van der Waals surface area (Å²) in [4.78, 5) is 0. The maximum atomic E-state index is 13.0. The average molecular weight is 266 g/mol. The number of ether oxygens (including phenoxy) is 1. The predicted octanol–water partition coefficient (Wildman–Crippen LogP) is 4.04. The highest BCUT2D eigenvalue weighted by Gasteiger charge is 2.09. The summed E-state index contributed by atoms with van der Waals surface area (Å²) in [7, 11) is 0. The van der Waals surface area contributed by atoms with Crippen molar-refractivity contribution in [2.45, 2.75) is 13.5 Å². The van der Waals surface area contributed by atoms with Gasteiger partial charge < -0.3 is 10.5 Å². The fourth-order valence-corrected chi connectivity index (χ4v) is 1.92. The molecule has 0 aliphatic rings. The van der Waals surface area contributed by atoms with Crippen molar-refractivity contribution in [2.24, 2.45) is 5.73 Å². The summed E-state index contributed by atoms with van der Waals surface area (Å²) in [5, 5.41) is 0.565. The van der Waals surface area contributed by atoms with Gasteiger partial charge in [0.05, 0.1) is 0 Å². The Bertz CT molecular complexity index is 572. The molecule has 0 bridgehead atoms. The number of aryl methyl sites for hydroxylation is 1. The summed E-state index contributed by atoms with van der Waals surface area (Å²) < 4.78 is 18.7. The standard InChI is InChI=1S/C14H13ClFNO/c1-9-7-10(16)5-6-13(9)18-14-4-2-3-12(15)11(14)8-17/h2-7H,8,17H2,1H3. The first kappa shape index (κ1) is 12.9. The van der Waals surface area contributed by atoms with Gasteiger partial charge in [0.25, 0.3) is 0 Å². The molecule has 2 N–H and O–H groups in total. The second-order valence-electron chi connectivity index (χ2n) is 3.93. The number of halogens is 2. The highest BCUT2D eigenvalue weighted by atomic mass is 35.5. The van der Waals surface area contributed by atoms with Crippen LogP contribution in [0.2, 0.25) is 5.02 Å². The smallest absolute Gasteiger partial charge is 0.133 e. The van der Waals surface area contributed by atoms with Crippen LogP contribution < -0.4 is 10.5 Å². The van der Waals surface area contributed by atoms with Gasteiger partial charge in [0.1, 0.15) is 17.3 Å². The van der Waals surface area contributed by atoms with E-state index in [4.69, 9.17) is 22.1 Å². The van der Waals surface area contributed by atoms with Crippen molar-refractivity contribution in [1.82, 2.24) is 0 Å². The number of hydrogen-bond acceptors (Lipinski definition) is 2. The maximum absolute atomic E-state index is 13.0. The van der Waals surface area contributed by atoms with E-state index in [1.807, 2.05) is 0 Å². The van der Waals surface area contributed by atoms with Crippen LogP contribution >= 0.6 is 11.6 Å². The van der Waals surface area contributed by atoms with Crippen molar-refractivity contribution >= 4 is 11.6 Å². The predicted molar refractivity (Wildman–Crippen MR) is 70.6 cm³/mol. The van der Waals surface area contributed by atoms with Gasteiger partial charge in [0, 0.05) is 17.1 Å². The number of nitrogens with two attached hydrogens (primary N) is 1. The third-order valence-corrected chi connectivity index (χ3v) is 2.99. The molecule has 2 aromatic carbocycles. The van der Waals surface area contributed by atoms with Gasteiger partial charge in [0.2, 0.25) is 0 Å². The zero-order valence-corrected chi connectivity index (χ0v) is 10.7. The van der Waals surface area contributed by atoms with E-state index in [1.54, 1.807) is 31.2 Å². The van der Waals surface area contributed by atoms with E-state index in [0.717, 1.165) is 11.1 Å². The minimum Gasteiger partial charge on any atom is -0.457 e. The molecule has 0 atom stereocenters. The van der Waals surface area contributed by atoms with Crippen molar-refractivity contribution in [3.63, 3.8) is 0 Å². The molecular weight excluding hydrogens is 253 g/mol. The largest absolute Gasteiger partial charge is 0.457 e. The summed E-state index contributed by atoms with van der Waals surface area (Å²) >= 11 is 6.04. The molecule has 0 amide bonds. The molecule has 0 aliphatic heterocycles. The van der Waals surface area contributed by atoms with Gasteiger partial charge in [-0.15, -0.1) is 0 Å². The lowest BCUT2D eigenvalue weighted by atomic mass is 10.2. The van der Waals surface area contributed by atoms with Gasteiger partial charge in [-0.3, -0.25) is 0 Å². The van der Waals surface area contributed by atoms with Crippen LogP contribution in [0, 0.1) is 12.7 Å². The fourth-order valence-electron chi connectivity index (χ4n) is 1.68. The van der Waals surface area contributed by atoms with Gasteiger partial charge in [-0.05, 0) is 42.8 Å². The van der Waals surface area contributed by atoms with E-state index in [-0.39, 0.29) is 12.4 Å². The van der Waals surface area contributed by atoms with Crippen molar-refractivity contribution in [1.29, 1.82) is 0 Å². The Hall–Kier alpha value is -1.58. The van der Waals surface area contributed by atoms with Gasteiger partial charge in [-0.2, -0.15) is 0 Å². The Balaban J connectivity index is 2.37. The molecule has 0 fully saturated rings. The summed E-state index contributed by atoms with van der Waals surface area (Å²) in [6.07, 6.45) is 0. The lowest BCUT2D eigenvalue weighted by Gasteiger charge is -2.13. The first-order valence-electron chi connectivity index (χ1n) is 5.53. The lowest BCUT2D eigenvalue weighted by molar-refractivity contribution is 0.470. The van der Waals surface area contributed by atoms with Crippen LogP contribution in [0.15, 0.2) is 36.4 Å². The van der Waals surface area contributed by atoms with E-state index in [1.165, 1.54) is 12.1 Å². The molecule has 0 saturated heterocycles. The van der Waals surface area contributed by atoms with E-state index < -0.39 is 0 Å². The highest BCUT2D eigenvalue weighted by molar-refractivity contribution is 6.31. The molecule has 0 aliphatic carbocycles. The van der Waals surface area contributed by atoms with E-state index in [2.05, 4.69) is 0 Å². The molecule has 2 rings (SSSR count). The van der Waals surface area contributed by atoms with Crippen LogP contribution in [-0.4, -0.2) is 0 Å². The quantitative estimate of drug-likeness (QED) is 0.909. The molecule has 18 heavy (non-hydrogen) atoms. The molecule has 0 radical (unpaired) electrons. The first-order valence-corrected chi connectivity index (χ1v) is 5.91. The topological polar surface area (TPSA) is 35.2 Å². The Labute approximate surface area is 110 Å². The second kappa shape index (κ2) is 5.38. The fraction of sp³-hybridized carbons (Fsp3) is 0.143. The molecule has 0 saturated carbocycles. The monoisotopic (exact) mass is 265 g/mol. The Kier molecular flexibility index (Phi) is 3.84. The van der Waals surface area contributed by atoms with E-state index >= 15 is 0 Å². The van der Waals surface area contributed by atoms with Gasteiger partial charge in [-0.25, -0.2) is 4.39 Å². The molecular formula is C14H13ClFNO. The van der Waals surface area contributed by atoms with Gasteiger partial charge >= 0.3 is 0 Å². The van der Waals surface area contributed by atoms with Crippen molar-refractivity contribution in [2.75, 3.05) is 0 Å². The summed E-state index contributed by atoms with van der Waals surface area (Å²) in [6.45, 7) is 2.07. The SMILES string of the molecule is Cc1cc(F)ccc1Oc1cccc(Cl)c1CN. The average Bonchev–Trinajstić information content (AvgIpc) is 2.33. The number of rotatable bonds is 3. The van der Waals surface area contributed by atoms with Gasteiger partial charge in [0.15, 0.2) is 0 Å². The van der Waals surface area contributed by atoms with Gasteiger partial charge in [-0.1, -0.05) is 17.7 Å². The Morgan fingerprint density at radius 3 is 2.67 bits per heavy atom. The van der Waals surface area contributed by atoms with Crippen molar-refractivity contribution in [3.8, 4) is 11.5 Å². The van der Waals surface area contributed by atoms with E-state index in [0.29, 0.717) is 16.5 Å². The molecule has 2 aromatic rings. The molecule has 0 aromatic heterocycles. The normalized spacial score (nSPS) is 10.4. The summed E-state index contributed by atoms with van der Waals surface area (Å²) in [5.74, 6) is 0.901. The van der Waals surface area contributed by atoms with Crippen LogP contribution in [0.3, 0.4) is 0 Å². The third-order valence-electron chi connectivity index (χ3n) is 2.64. The lowest BCUT2D eigenvalue weighted by Crippen LogP contribution is -2.01. The molecule has 0 unspecified atom stereocenters. The maximum Gasteiger partial charge on any atom is 0.133 e. The van der Waals surface area contributed by atoms with Crippen LogP contribution in [-0.2, 0) is 6.54 Å². The molecule has 0 heterocycles. The molecule has 4 heteroatoms. The number of hydrogen-bond donors (Lipinski definition) is 1. The zero-order chi connectivity index (χ0) is 13.1. The molecule has 2 nitrogen and oxygen atoms in total. The first-order chi connectivity index (χ1) is 8.61. The van der Waals surface area contributed by atoms with Crippen molar-refractivity contribution < 1.29 is 9.13 Å². The van der Waals surface area contributed by atoms with Crippen LogP contribution in [0.1, 0.15) is 11.1 Å². The Morgan fingerprint density at radius 2 is 2.00 bits per heavy atom. The number of benzene rings is 2. The minimum absolute atomic E-state index is 0.287. The molecule has 94 valence electrons. The van der Waals surface area contributed by atoms with Crippen LogP contribution in [0.5, 0.6) is 11.5 Å². The van der Waals surface area contributed by atoms with Crippen LogP contribution in [0.25, 0.3) is 0 Å². The highest BCUT2D eigenvalue weighted by Crippen LogP contribution is 2.31. The van der Waals surface area contributed by atoms with Crippen molar-refractivity contribution in [3.05, 3.63) is 58.4 Å². The second-order valence-corrected chi connectivity index (χ2v) is 4.34. The zero-order valence-electron chi connectivity index (χ0n) is 9.91. The minimum atomic E-state index is -0.287. The Morgan fingerprint density at radius 1 is 1.22 bits per heavy atom. The third kappa shape index (κ3) is 2.63. The van der Waals surface area contributed by atoms with Crippen LogP contribution in [0.4, 0.5) is 4.39 Å². The van der Waals surface area contributed by atoms with E-state index in [9.17, 15) is 4.39 Å². The summed E-state index contributed by atoms with van der Waals surface area (Å²) in [6, 6.07) is 9.70. The molecule has 0 spiro atoms.